The second kappa shape index (κ2) is 5.30. The maximum Gasteiger partial charge on any atom is 0.243 e. The van der Waals surface area contributed by atoms with E-state index >= 15 is 0 Å². The van der Waals surface area contributed by atoms with Crippen molar-refractivity contribution >= 4 is 15.9 Å². The zero-order chi connectivity index (χ0) is 14.0. The molecule has 0 saturated carbocycles. The number of hydrogen-bond donors (Lipinski definition) is 1. The third kappa shape index (κ3) is 2.64. The fourth-order valence-electron chi connectivity index (χ4n) is 2.37. The molecule has 1 amide bonds. The van der Waals surface area contributed by atoms with E-state index in [1.165, 1.54) is 11.4 Å². The molecular weight excluding hydrogens is 264 g/mol. The Kier molecular flexibility index (Phi) is 3.91. The lowest BCUT2D eigenvalue weighted by Gasteiger charge is -2.22. The number of nitrogens with one attached hydrogen (secondary N) is 1. The van der Waals surface area contributed by atoms with E-state index in [2.05, 4.69) is 5.32 Å². The van der Waals surface area contributed by atoms with Crippen molar-refractivity contribution in [3.8, 4) is 0 Å². The topological polar surface area (TPSA) is 66.5 Å². The molecule has 1 aromatic carbocycles. The van der Waals surface area contributed by atoms with E-state index in [0.29, 0.717) is 19.4 Å². The van der Waals surface area contributed by atoms with Crippen LogP contribution < -0.4 is 5.32 Å². The molecule has 1 fully saturated rings. The summed E-state index contributed by atoms with van der Waals surface area (Å²) in [6.07, 6.45) is 1.29. The summed E-state index contributed by atoms with van der Waals surface area (Å²) in [6.45, 7) is 2.24. The van der Waals surface area contributed by atoms with Gasteiger partial charge in [-0.05, 0) is 37.5 Å². The van der Waals surface area contributed by atoms with Gasteiger partial charge in [0, 0.05) is 13.6 Å². The summed E-state index contributed by atoms with van der Waals surface area (Å²) in [4.78, 5) is 12.0. The molecule has 0 bridgehead atoms. The third-order valence-electron chi connectivity index (χ3n) is 3.35. The maximum atomic E-state index is 12.6. The van der Waals surface area contributed by atoms with Crippen molar-refractivity contribution in [2.24, 2.45) is 0 Å². The quantitative estimate of drug-likeness (QED) is 0.895. The van der Waals surface area contributed by atoms with Crippen molar-refractivity contribution in [2.75, 3.05) is 13.6 Å². The summed E-state index contributed by atoms with van der Waals surface area (Å²) in [6, 6.07) is 6.18. The molecule has 1 heterocycles. The normalized spacial score (nSPS) is 20.4. The van der Waals surface area contributed by atoms with E-state index in [1.54, 1.807) is 18.2 Å². The van der Waals surface area contributed by atoms with Crippen LogP contribution in [0, 0.1) is 6.92 Å². The van der Waals surface area contributed by atoms with Crippen LogP contribution in [0.2, 0.25) is 0 Å². The summed E-state index contributed by atoms with van der Waals surface area (Å²) in [5.41, 5.74) is 0.886. The summed E-state index contributed by atoms with van der Waals surface area (Å²) >= 11 is 0. The van der Waals surface area contributed by atoms with Crippen LogP contribution in [0.1, 0.15) is 18.4 Å². The van der Waals surface area contributed by atoms with E-state index in [1.807, 2.05) is 13.0 Å². The molecular formula is C13H18N2O3S. The Balaban J connectivity index is 2.36. The third-order valence-corrected chi connectivity index (χ3v) is 5.25. The number of aryl methyl sites for hydroxylation is 1. The first-order valence-electron chi connectivity index (χ1n) is 6.27. The number of nitrogens with zero attached hydrogens (tertiary/aromatic N) is 1. The highest BCUT2D eigenvalue weighted by Gasteiger charge is 2.38. The summed E-state index contributed by atoms with van der Waals surface area (Å²) in [5.74, 6) is -0.242. The van der Waals surface area contributed by atoms with Gasteiger partial charge in [-0.1, -0.05) is 12.1 Å². The maximum absolute atomic E-state index is 12.6. The van der Waals surface area contributed by atoms with Gasteiger partial charge in [0.05, 0.1) is 4.90 Å². The SMILES string of the molecule is CNC(=O)C1CCCN1S(=O)(=O)c1cccc(C)c1. The minimum atomic E-state index is -3.59. The molecule has 19 heavy (non-hydrogen) atoms. The van der Waals surface area contributed by atoms with E-state index in [-0.39, 0.29) is 10.8 Å². The highest BCUT2D eigenvalue weighted by atomic mass is 32.2. The lowest BCUT2D eigenvalue weighted by atomic mass is 10.2. The number of carbonyl (C=O) groups is 1. The van der Waals surface area contributed by atoms with Crippen molar-refractivity contribution in [1.82, 2.24) is 9.62 Å². The smallest absolute Gasteiger partial charge is 0.243 e. The van der Waals surface area contributed by atoms with Crippen LogP contribution in [0.4, 0.5) is 0 Å². The van der Waals surface area contributed by atoms with Crippen LogP contribution in [0.3, 0.4) is 0 Å². The Morgan fingerprint density at radius 2 is 2.16 bits per heavy atom. The van der Waals surface area contributed by atoms with Crippen molar-refractivity contribution < 1.29 is 13.2 Å². The van der Waals surface area contributed by atoms with Gasteiger partial charge in [-0.3, -0.25) is 4.79 Å². The molecule has 1 atom stereocenters. The average molecular weight is 282 g/mol. The first kappa shape index (κ1) is 14.0. The predicted molar refractivity (Wildman–Crippen MR) is 72.2 cm³/mol. The number of hydrogen-bond acceptors (Lipinski definition) is 3. The van der Waals surface area contributed by atoms with Gasteiger partial charge in [0.2, 0.25) is 15.9 Å². The Morgan fingerprint density at radius 1 is 1.42 bits per heavy atom. The van der Waals surface area contributed by atoms with Gasteiger partial charge in [0.25, 0.3) is 0 Å². The Hall–Kier alpha value is -1.40. The Morgan fingerprint density at radius 3 is 2.79 bits per heavy atom. The molecule has 0 spiro atoms. The molecule has 0 aliphatic carbocycles. The lowest BCUT2D eigenvalue weighted by Crippen LogP contribution is -2.44. The first-order chi connectivity index (χ1) is 8.96. The Labute approximate surface area is 113 Å². The van der Waals surface area contributed by atoms with Gasteiger partial charge in [0.15, 0.2) is 0 Å². The number of carbonyl (C=O) groups excluding carboxylic acids is 1. The molecule has 1 aliphatic heterocycles. The fraction of sp³-hybridized carbons (Fsp3) is 0.462. The lowest BCUT2D eigenvalue weighted by molar-refractivity contribution is -0.123. The predicted octanol–water partition coefficient (Wildman–Crippen LogP) is 0.894. The fourth-order valence-corrected chi connectivity index (χ4v) is 4.13. The van der Waals surface area contributed by atoms with E-state index in [0.717, 1.165) is 5.56 Å². The molecule has 1 aromatic rings. The van der Waals surface area contributed by atoms with Gasteiger partial charge in [-0.2, -0.15) is 4.31 Å². The van der Waals surface area contributed by atoms with Crippen LogP contribution in [0.5, 0.6) is 0 Å². The highest BCUT2D eigenvalue weighted by Crippen LogP contribution is 2.26. The van der Waals surface area contributed by atoms with Crippen molar-refractivity contribution in [3.05, 3.63) is 29.8 Å². The van der Waals surface area contributed by atoms with Crippen molar-refractivity contribution in [2.45, 2.75) is 30.7 Å². The first-order valence-corrected chi connectivity index (χ1v) is 7.71. The molecule has 1 N–H and O–H groups in total. The molecule has 2 rings (SSSR count). The monoisotopic (exact) mass is 282 g/mol. The molecule has 0 aromatic heterocycles. The summed E-state index contributed by atoms with van der Waals surface area (Å²) < 4.78 is 26.4. The number of rotatable bonds is 3. The van der Waals surface area contributed by atoms with Gasteiger partial charge < -0.3 is 5.32 Å². The molecule has 104 valence electrons. The number of likely N-dealkylation sites (N-methyl/N-ethyl adjacent to an activating group) is 1. The van der Waals surface area contributed by atoms with Crippen LogP contribution in [-0.2, 0) is 14.8 Å². The van der Waals surface area contributed by atoms with Gasteiger partial charge >= 0.3 is 0 Å². The minimum Gasteiger partial charge on any atom is -0.358 e. The number of benzene rings is 1. The summed E-state index contributed by atoms with van der Waals surface area (Å²) in [7, 11) is -2.07. The molecule has 6 heteroatoms. The highest BCUT2D eigenvalue weighted by molar-refractivity contribution is 7.89. The average Bonchev–Trinajstić information content (AvgIpc) is 2.87. The van der Waals surface area contributed by atoms with Crippen LogP contribution in [0.15, 0.2) is 29.2 Å². The van der Waals surface area contributed by atoms with Gasteiger partial charge in [-0.15, -0.1) is 0 Å². The van der Waals surface area contributed by atoms with E-state index < -0.39 is 16.1 Å². The number of sulfonamides is 1. The van der Waals surface area contributed by atoms with E-state index in [4.69, 9.17) is 0 Å². The van der Waals surface area contributed by atoms with E-state index in [9.17, 15) is 13.2 Å². The molecule has 1 saturated heterocycles. The van der Waals surface area contributed by atoms with Crippen molar-refractivity contribution in [3.63, 3.8) is 0 Å². The zero-order valence-corrected chi connectivity index (χ0v) is 11.9. The molecule has 1 unspecified atom stereocenters. The second-order valence-electron chi connectivity index (χ2n) is 4.70. The summed E-state index contributed by atoms with van der Waals surface area (Å²) in [5, 5.41) is 2.53. The Bertz CT molecular complexity index is 583. The van der Waals surface area contributed by atoms with Gasteiger partial charge in [-0.25, -0.2) is 8.42 Å². The largest absolute Gasteiger partial charge is 0.358 e. The minimum absolute atomic E-state index is 0.242. The number of amides is 1. The molecule has 5 nitrogen and oxygen atoms in total. The van der Waals surface area contributed by atoms with Crippen LogP contribution >= 0.6 is 0 Å². The standard InChI is InChI=1S/C13H18N2O3S/c1-10-5-3-6-11(9-10)19(17,18)15-8-4-7-12(15)13(16)14-2/h3,5-6,9,12H,4,7-8H2,1-2H3,(H,14,16). The zero-order valence-electron chi connectivity index (χ0n) is 11.1. The van der Waals surface area contributed by atoms with Crippen molar-refractivity contribution in [1.29, 1.82) is 0 Å². The second-order valence-corrected chi connectivity index (χ2v) is 6.60. The molecule has 0 radical (unpaired) electrons. The van der Waals surface area contributed by atoms with Gasteiger partial charge in [0.1, 0.15) is 6.04 Å². The van der Waals surface area contributed by atoms with Crippen LogP contribution in [0.25, 0.3) is 0 Å². The van der Waals surface area contributed by atoms with Crippen LogP contribution in [-0.4, -0.2) is 38.3 Å². The molecule has 1 aliphatic rings.